The number of fused-ring (bicyclic) bond motifs is 1. The minimum absolute atomic E-state index is 0.105. The van der Waals surface area contributed by atoms with Crippen molar-refractivity contribution in [3.63, 3.8) is 0 Å². The SMILES string of the molecule is Cc1cc2n(n1)C(COC1CCC(c3ccccc3)CC1)C(NS(C)=O)CC2. The third-order valence-electron chi connectivity index (χ3n) is 6.19. The monoisotopic (exact) mass is 401 g/mol. The van der Waals surface area contributed by atoms with Crippen molar-refractivity contribution in [2.24, 2.45) is 0 Å². The molecule has 0 amide bonds. The molecule has 2 aliphatic rings. The van der Waals surface area contributed by atoms with Crippen LogP contribution in [-0.2, 0) is 22.1 Å². The molecule has 3 atom stereocenters. The Bertz CT molecular complexity index is 799. The molecule has 2 heterocycles. The highest BCUT2D eigenvalue weighted by molar-refractivity contribution is 7.82. The summed E-state index contributed by atoms with van der Waals surface area (Å²) in [4.78, 5) is 0. The van der Waals surface area contributed by atoms with E-state index >= 15 is 0 Å². The molecule has 0 radical (unpaired) electrons. The first-order valence-corrected chi connectivity index (χ1v) is 12.0. The van der Waals surface area contributed by atoms with Crippen molar-refractivity contribution < 1.29 is 8.95 Å². The van der Waals surface area contributed by atoms with Crippen LogP contribution in [0.1, 0.15) is 61.0 Å². The van der Waals surface area contributed by atoms with Gasteiger partial charge in [-0.3, -0.25) is 4.68 Å². The number of hydrogen-bond acceptors (Lipinski definition) is 3. The van der Waals surface area contributed by atoms with Gasteiger partial charge in [0.1, 0.15) is 0 Å². The fourth-order valence-corrected chi connectivity index (χ4v) is 5.47. The molecule has 1 aromatic carbocycles. The van der Waals surface area contributed by atoms with Gasteiger partial charge in [-0.2, -0.15) is 5.10 Å². The van der Waals surface area contributed by atoms with Crippen LogP contribution in [0, 0.1) is 6.92 Å². The molecule has 0 saturated heterocycles. The number of aromatic nitrogens is 2. The lowest BCUT2D eigenvalue weighted by molar-refractivity contribution is -0.00324. The lowest BCUT2D eigenvalue weighted by Crippen LogP contribution is -2.45. The fourth-order valence-electron chi connectivity index (χ4n) is 4.77. The number of hydrogen-bond donors (Lipinski definition) is 1. The summed E-state index contributed by atoms with van der Waals surface area (Å²) in [5.41, 5.74) is 3.76. The Hall–Kier alpha value is -1.50. The molecule has 28 heavy (non-hydrogen) atoms. The van der Waals surface area contributed by atoms with Gasteiger partial charge < -0.3 is 4.74 Å². The van der Waals surface area contributed by atoms with E-state index in [-0.39, 0.29) is 12.1 Å². The van der Waals surface area contributed by atoms with E-state index in [2.05, 4.69) is 45.8 Å². The number of nitrogens with zero attached hydrogens (tertiary/aromatic N) is 2. The highest BCUT2D eigenvalue weighted by Gasteiger charge is 2.32. The fraction of sp³-hybridized carbons (Fsp3) is 0.591. The average molecular weight is 402 g/mol. The summed E-state index contributed by atoms with van der Waals surface area (Å²) in [7, 11) is -1.03. The molecule has 5 nitrogen and oxygen atoms in total. The minimum Gasteiger partial charge on any atom is -0.376 e. The highest BCUT2D eigenvalue weighted by atomic mass is 32.2. The van der Waals surface area contributed by atoms with E-state index in [0.29, 0.717) is 18.6 Å². The standard InChI is InChI=1S/C22H31N3O2S/c1-16-14-19-10-13-21(24-28(2)26)22(25(19)23-16)15-27-20-11-8-18(9-12-20)17-6-4-3-5-7-17/h3-7,14,18,20-22,24H,8-13,15H2,1-2H3. The van der Waals surface area contributed by atoms with Crippen molar-refractivity contribution >= 4 is 11.0 Å². The van der Waals surface area contributed by atoms with E-state index in [1.165, 1.54) is 24.1 Å². The summed E-state index contributed by atoms with van der Waals surface area (Å²) in [6.07, 6.45) is 8.54. The van der Waals surface area contributed by atoms with Gasteiger partial charge in [0.25, 0.3) is 0 Å². The summed E-state index contributed by atoms with van der Waals surface area (Å²) in [6.45, 7) is 2.66. The van der Waals surface area contributed by atoms with Crippen LogP contribution >= 0.6 is 0 Å². The molecule has 4 rings (SSSR count). The average Bonchev–Trinajstić information content (AvgIpc) is 3.08. The van der Waals surface area contributed by atoms with Crippen LogP contribution in [0.2, 0.25) is 0 Å². The topological polar surface area (TPSA) is 56.1 Å². The van der Waals surface area contributed by atoms with Crippen molar-refractivity contribution in [3.8, 4) is 0 Å². The Morgan fingerprint density at radius 2 is 1.93 bits per heavy atom. The zero-order chi connectivity index (χ0) is 19.5. The highest BCUT2D eigenvalue weighted by Crippen LogP contribution is 2.35. The summed E-state index contributed by atoms with van der Waals surface area (Å²) in [6, 6.07) is 13.3. The Labute approximate surface area is 170 Å². The first-order chi connectivity index (χ1) is 13.6. The van der Waals surface area contributed by atoms with Crippen molar-refractivity contribution in [3.05, 3.63) is 53.3 Å². The molecule has 1 aromatic heterocycles. The lowest BCUT2D eigenvalue weighted by Gasteiger charge is -2.35. The van der Waals surface area contributed by atoms with Gasteiger partial charge in [-0.05, 0) is 63.0 Å². The molecule has 3 unspecified atom stereocenters. The summed E-state index contributed by atoms with van der Waals surface area (Å²) >= 11 is 0. The molecule has 0 spiro atoms. The second-order valence-corrected chi connectivity index (χ2v) is 9.37. The van der Waals surface area contributed by atoms with E-state index in [1.807, 2.05) is 6.92 Å². The zero-order valence-electron chi connectivity index (χ0n) is 16.8. The van der Waals surface area contributed by atoms with Crippen molar-refractivity contribution in [1.29, 1.82) is 0 Å². The Morgan fingerprint density at radius 3 is 2.64 bits per heavy atom. The predicted molar refractivity (Wildman–Crippen MR) is 113 cm³/mol. The summed E-state index contributed by atoms with van der Waals surface area (Å²) < 4.78 is 23.5. The molecular formula is C22H31N3O2S. The van der Waals surface area contributed by atoms with E-state index in [1.54, 1.807) is 6.26 Å². The second-order valence-electron chi connectivity index (χ2n) is 8.22. The third kappa shape index (κ3) is 4.56. The van der Waals surface area contributed by atoms with Gasteiger partial charge in [0, 0.05) is 18.0 Å². The maximum Gasteiger partial charge on any atom is 0.0918 e. The molecule has 1 fully saturated rings. The smallest absolute Gasteiger partial charge is 0.0918 e. The van der Waals surface area contributed by atoms with Crippen LogP contribution in [0.5, 0.6) is 0 Å². The minimum atomic E-state index is -1.03. The first kappa shape index (κ1) is 19.8. The zero-order valence-corrected chi connectivity index (χ0v) is 17.7. The normalized spacial score (nSPS) is 28.6. The molecule has 1 N–H and O–H groups in total. The van der Waals surface area contributed by atoms with E-state index in [4.69, 9.17) is 9.84 Å². The number of aryl methyl sites for hydroxylation is 2. The lowest BCUT2D eigenvalue weighted by atomic mass is 9.83. The maximum absolute atomic E-state index is 11.8. The summed E-state index contributed by atoms with van der Waals surface area (Å²) in [5, 5.41) is 4.70. The van der Waals surface area contributed by atoms with Gasteiger partial charge >= 0.3 is 0 Å². The number of rotatable bonds is 6. The first-order valence-electron chi connectivity index (χ1n) is 10.4. The number of nitrogens with one attached hydrogen (secondary N) is 1. The molecule has 2 aromatic rings. The van der Waals surface area contributed by atoms with Crippen LogP contribution in [0.25, 0.3) is 0 Å². The van der Waals surface area contributed by atoms with Gasteiger partial charge in [-0.15, -0.1) is 0 Å². The molecule has 152 valence electrons. The van der Waals surface area contributed by atoms with Gasteiger partial charge in [0.05, 0.1) is 35.4 Å². The van der Waals surface area contributed by atoms with E-state index in [0.717, 1.165) is 31.4 Å². The van der Waals surface area contributed by atoms with Crippen LogP contribution < -0.4 is 4.72 Å². The molecular weight excluding hydrogens is 370 g/mol. The Balaban J connectivity index is 1.37. The quantitative estimate of drug-likeness (QED) is 0.803. The van der Waals surface area contributed by atoms with Crippen LogP contribution in [0.3, 0.4) is 0 Å². The van der Waals surface area contributed by atoms with Crippen molar-refractivity contribution in [1.82, 2.24) is 14.5 Å². The molecule has 0 bridgehead atoms. The van der Waals surface area contributed by atoms with E-state index < -0.39 is 11.0 Å². The molecule has 1 saturated carbocycles. The van der Waals surface area contributed by atoms with Gasteiger partial charge in [-0.25, -0.2) is 8.93 Å². The largest absolute Gasteiger partial charge is 0.376 e. The number of ether oxygens (including phenoxy) is 1. The van der Waals surface area contributed by atoms with Crippen molar-refractivity contribution in [2.45, 2.75) is 69.6 Å². The van der Waals surface area contributed by atoms with Crippen LogP contribution in [0.4, 0.5) is 0 Å². The summed E-state index contributed by atoms with van der Waals surface area (Å²) in [5.74, 6) is 0.660. The Morgan fingerprint density at radius 1 is 1.18 bits per heavy atom. The number of benzene rings is 1. The predicted octanol–water partition coefficient (Wildman–Crippen LogP) is 3.67. The second kappa shape index (κ2) is 8.89. The molecule has 1 aliphatic carbocycles. The molecule has 1 aliphatic heterocycles. The van der Waals surface area contributed by atoms with Gasteiger partial charge in [-0.1, -0.05) is 30.3 Å². The van der Waals surface area contributed by atoms with Crippen molar-refractivity contribution in [2.75, 3.05) is 12.9 Å². The van der Waals surface area contributed by atoms with Crippen LogP contribution in [-0.4, -0.2) is 39.0 Å². The van der Waals surface area contributed by atoms with E-state index in [9.17, 15) is 4.21 Å². The maximum atomic E-state index is 11.8. The molecule has 6 heteroatoms. The van der Waals surface area contributed by atoms with Gasteiger partial charge in [0.15, 0.2) is 0 Å². The third-order valence-corrected chi connectivity index (χ3v) is 6.83. The van der Waals surface area contributed by atoms with Crippen LogP contribution in [0.15, 0.2) is 36.4 Å². The van der Waals surface area contributed by atoms with Gasteiger partial charge in [0.2, 0.25) is 0 Å². The Kier molecular flexibility index (Phi) is 6.28.